The van der Waals surface area contributed by atoms with E-state index < -0.39 is 0 Å². The van der Waals surface area contributed by atoms with E-state index in [9.17, 15) is 0 Å². The summed E-state index contributed by atoms with van der Waals surface area (Å²) in [4.78, 5) is 4.63. The number of methoxy groups -OCH3 is 1. The molecule has 1 aromatic rings. The summed E-state index contributed by atoms with van der Waals surface area (Å²) in [6.45, 7) is 2.21. The standard InChI is InChI=1S/C18H27N3O2/c1-22-13-18(9-4-5-10-18)12-20-17(19)21-15-8-11-23-16-7-3-2-6-14(15)16/h2-3,6-7,15H,4-5,8-13H2,1H3,(H3,19,20,21). The van der Waals surface area contributed by atoms with Gasteiger partial charge in [0.1, 0.15) is 5.75 Å². The van der Waals surface area contributed by atoms with Gasteiger partial charge < -0.3 is 20.5 Å². The first-order valence-electron chi connectivity index (χ1n) is 8.50. The fourth-order valence-electron chi connectivity index (χ4n) is 3.75. The van der Waals surface area contributed by atoms with Gasteiger partial charge in [-0.15, -0.1) is 0 Å². The van der Waals surface area contributed by atoms with Crippen LogP contribution in [0.4, 0.5) is 0 Å². The van der Waals surface area contributed by atoms with Crippen molar-refractivity contribution in [3.8, 4) is 5.75 Å². The molecule has 1 heterocycles. The third-order valence-corrected chi connectivity index (χ3v) is 4.98. The number of ether oxygens (including phenoxy) is 2. The van der Waals surface area contributed by atoms with E-state index in [1.807, 2.05) is 18.2 Å². The second-order valence-electron chi connectivity index (χ2n) is 6.71. The van der Waals surface area contributed by atoms with Crippen LogP contribution in [-0.4, -0.2) is 32.8 Å². The van der Waals surface area contributed by atoms with E-state index in [2.05, 4.69) is 16.4 Å². The largest absolute Gasteiger partial charge is 0.493 e. The zero-order valence-corrected chi connectivity index (χ0v) is 13.9. The van der Waals surface area contributed by atoms with E-state index in [1.165, 1.54) is 25.7 Å². The molecule has 3 N–H and O–H groups in total. The summed E-state index contributed by atoms with van der Waals surface area (Å²) >= 11 is 0. The summed E-state index contributed by atoms with van der Waals surface area (Å²) < 4.78 is 11.1. The Morgan fingerprint density at radius 1 is 1.39 bits per heavy atom. The minimum Gasteiger partial charge on any atom is -0.493 e. The summed E-state index contributed by atoms with van der Waals surface area (Å²) in [6, 6.07) is 8.28. The molecule has 0 amide bonds. The molecule has 1 atom stereocenters. The summed E-state index contributed by atoms with van der Waals surface area (Å²) in [6.07, 6.45) is 5.78. The molecule has 1 aliphatic heterocycles. The zero-order valence-electron chi connectivity index (χ0n) is 13.9. The van der Waals surface area contributed by atoms with E-state index in [1.54, 1.807) is 7.11 Å². The number of hydrogen-bond acceptors (Lipinski definition) is 3. The molecule has 1 aromatic carbocycles. The molecule has 126 valence electrons. The smallest absolute Gasteiger partial charge is 0.189 e. The maximum atomic E-state index is 6.15. The Bertz CT molecular complexity index is 553. The van der Waals surface area contributed by atoms with Crippen molar-refractivity contribution >= 4 is 5.96 Å². The van der Waals surface area contributed by atoms with Crippen LogP contribution >= 0.6 is 0 Å². The van der Waals surface area contributed by atoms with Crippen LogP contribution in [0.25, 0.3) is 0 Å². The molecule has 0 saturated heterocycles. The van der Waals surface area contributed by atoms with Crippen molar-refractivity contribution < 1.29 is 9.47 Å². The van der Waals surface area contributed by atoms with E-state index in [0.717, 1.165) is 30.9 Å². The van der Waals surface area contributed by atoms with Gasteiger partial charge in [0.25, 0.3) is 0 Å². The van der Waals surface area contributed by atoms with Crippen molar-refractivity contribution in [1.82, 2.24) is 5.32 Å². The highest BCUT2D eigenvalue weighted by atomic mass is 16.5. The molecular weight excluding hydrogens is 290 g/mol. The van der Waals surface area contributed by atoms with Crippen LogP contribution in [0.5, 0.6) is 5.75 Å². The van der Waals surface area contributed by atoms with Crippen LogP contribution in [0.15, 0.2) is 29.3 Å². The maximum absolute atomic E-state index is 6.15. The lowest BCUT2D eigenvalue weighted by Gasteiger charge is -2.28. The molecule has 5 nitrogen and oxygen atoms in total. The van der Waals surface area contributed by atoms with Gasteiger partial charge in [-0.1, -0.05) is 31.0 Å². The number of guanidine groups is 1. The first-order chi connectivity index (χ1) is 11.2. The van der Waals surface area contributed by atoms with E-state index in [4.69, 9.17) is 15.2 Å². The predicted octanol–water partition coefficient (Wildman–Crippen LogP) is 2.62. The lowest BCUT2D eigenvalue weighted by molar-refractivity contribution is 0.0896. The number of nitrogens with one attached hydrogen (secondary N) is 1. The molecule has 1 saturated carbocycles. The second kappa shape index (κ2) is 7.21. The molecule has 1 aliphatic carbocycles. The van der Waals surface area contributed by atoms with Gasteiger partial charge in [-0.3, -0.25) is 4.99 Å². The molecule has 0 radical (unpaired) electrons. The number of nitrogens with zero attached hydrogens (tertiary/aromatic N) is 1. The SMILES string of the molecule is COCC1(CN=C(N)NC2CCOc3ccccc32)CCCC1. The molecule has 0 bridgehead atoms. The number of hydrogen-bond donors (Lipinski definition) is 2. The Hall–Kier alpha value is -1.75. The quantitative estimate of drug-likeness (QED) is 0.647. The highest BCUT2D eigenvalue weighted by Crippen LogP contribution is 2.38. The fraction of sp³-hybridized carbons (Fsp3) is 0.611. The van der Waals surface area contributed by atoms with E-state index >= 15 is 0 Å². The Morgan fingerprint density at radius 2 is 2.17 bits per heavy atom. The molecule has 23 heavy (non-hydrogen) atoms. The first kappa shape index (κ1) is 16.1. The van der Waals surface area contributed by atoms with Crippen LogP contribution in [0.1, 0.15) is 43.7 Å². The maximum Gasteiger partial charge on any atom is 0.189 e. The van der Waals surface area contributed by atoms with E-state index in [0.29, 0.717) is 12.6 Å². The van der Waals surface area contributed by atoms with Gasteiger partial charge in [0, 0.05) is 24.5 Å². The lowest BCUT2D eigenvalue weighted by atomic mass is 9.87. The second-order valence-corrected chi connectivity index (χ2v) is 6.71. The van der Waals surface area contributed by atoms with Crippen molar-refractivity contribution in [2.75, 3.05) is 26.9 Å². The van der Waals surface area contributed by atoms with Crippen molar-refractivity contribution in [3.63, 3.8) is 0 Å². The minimum atomic E-state index is 0.172. The molecule has 1 fully saturated rings. The minimum absolute atomic E-state index is 0.172. The van der Waals surface area contributed by atoms with Crippen LogP contribution in [0, 0.1) is 5.41 Å². The van der Waals surface area contributed by atoms with Gasteiger partial charge >= 0.3 is 0 Å². The number of aliphatic imine (C=N–C) groups is 1. The zero-order chi connectivity index (χ0) is 16.1. The highest BCUT2D eigenvalue weighted by molar-refractivity contribution is 5.78. The molecular formula is C18H27N3O2. The monoisotopic (exact) mass is 317 g/mol. The van der Waals surface area contributed by atoms with Gasteiger partial charge in [0.2, 0.25) is 0 Å². The van der Waals surface area contributed by atoms with Crippen molar-refractivity contribution in [1.29, 1.82) is 0 Å². The highest BCUT2D eigenvalue weighted by Gasteiger charge is 2.33. The van der Waals surface area contributed by atoms with Gasteiger partial charge in [-0.05, 0) is 18.9 Å². The normalized spacial score (nSPS) is 23.2. The lowest BCUT2D eigenvalue weighted by Crippen LogP contribution is -2.38. The first-order valence-corrected chi connectivity index (χ1v) is 8.50. The third-order valence-electron chi connectivity index (χ3n) is 4.98. The van der Waals surface area contributed by atoms with Crippen molar-refractivity contribution in [2.24, 2.45) is 16.1 Å². The average Bonchev–Trinajstić information content (AvgIpc) is 3.03. The molecule has 1 unspecified atom stereocenters. The number of benzene rings is 1. The van der Waals surface area contributed by atoms with Gasteiger partial charge in [-0.2, -0.15) is 0 Å². The summed E-state index contributed by atoms with van der Waals surface area (Å²) in [5.41, 5.74) is 7.48. The van der Waals surface area contributed by atoms with Gasteiger partial charge in [0.15, 0.2) is 5.96 Å². The summed E-state index contributed by atoms with van der Waals surface area (Å²) in [5, 5.41) is 3.37. The molecule has 0 spiro atoms. The predicted molar refractivity (Wildman–Crippen MR) is 91.7 cm³/mol. The van der Waals surface area contributed by atoms with E-state index in [-0.39, 0.29) is 11.5 Å². The Kier molecular flexibility index (Phi) is 5.06. The number of fused-ring (bicyclic) bond motifs is 1. The van der Waals surface area contributed by atoms with Crippen molar-refractivity contribution in [3.05, 3.63) is 29.8 Å². The van der Waals surface area contributed by atoms with Crippen LogP contribution in [-0.2, 0) is 4.74 Å². The summed E-state index contributed by atoms with van der Waals surface area (Å²) in [5.74, 6) is 1.46. The van der Waals surface area contributed by atoms with Crippen molar-refractivity contribution in [2.45, 2.75) is 38.1 Å². The third kappa shape index (κ3) is 3.78. The molecule has 5 heteroatoms. The number of para-hydroxylation sites is 1. The molecule has 0 aromatic heterocycles. The summed E-state index contributed by atoms with van der Waals surface area (Å²) in [7, 11) is 1.77. The van der Waals surface area contributed by atoms with Gasteiger partial charge in [0.05, 0.1) is 25.8 Å². The average molecular weight is 317 g/mol. The Balaban J connectivity index is 1.64. The topological polar surface area (TPSA) is 68.9 Å². The number of rotatable bonds is 5. The van der Waals surface area contributed by atoms with Crippen LogP contribution in [0.3, 0.4) is 0 Å². The Labute approximate surface area is 138 Å². The van der Waals surface area contributed by atoms with Crippen LogP contribution < -0.4 is 15.8 Å². The Morgan fingerprint density at radius 3 is 2.96 bits per heavy atom. The molecule has 3 rings (SSSR count). The molecule has 2 aliphatic rings. The van der Waals surface area contributed by atoms with Gasteiger partial charge in [-0.25, -0.2) is 0 Å². The number of nitrogens with two attached hydrogens (primary N) is 1. The fourth-order valence-corrected chi connectivity index (χ4v) is 3.75. The van der Waals surface area contributed by atoms with Crippen LogP contribution in [0.2, 0.25) is 0 Å².